The van der Waals surface area contributed by atoms with Crippen LogP contribution < -0.4 is 14.8 Å². The van der Waals surface area contributed by atoms with Crippen molar-refractivity contribution in [3.05, 3.63) is 41.6 Å². The SMILES string of the molecule is Cc1cnc(C(C)NCc2cccc3c2OCO3)o1. The predicted octanol–water partition coefficient (Wildman–Crippen LogP) is 2.56. The van der Waals surface area contributed by atoms with Gasteiger partial charge in [0, 0.05) is 12.1 Å². The van der Waals surface area contributed by atoms with Gasteiger partial charge in [0.1, 0.15) is 5.76 Å². The van der Waals surface area contributed by atoms with Crippen LogP contribution in [0.5, 0.6) is 11.5 Å². The van der Waals surface area contributed by atoms with E-state index in [1.165, 1.54) is 0 Å². The minimum atomic E-state index is 0.0480. The maximum Gasteiger partial charge on any atom is 0.231 e. The first-order valence-electron chi connectivity index (χ1n) is 6.27. The molecule has 0 bridgehead atoms. The summed E-state index contributed by atoms with van der Waals surface area (Å²) in [6.07, 6.45) is 1.73. The topological polar surface area (TPSA) is 56.5 Å². The molecule has 5 nitrogen and oxygen atoms in total. The molecule has 19 heavy (non-hydrogen) atoms. The molecule has 2 aromatic rings. The molecule has 1 aliphatic rings. The second-order valence-corrected chi connectivity index (χ2v) is 4.56. The van der Waals surface area contributed by atoms with Crippen LogP contribution in [0.4, 0.5) is 0 Å². The zero-order valence-electron chi connectivity index (χ0n) is 11.0. The van der Waals surface area contributed by atoms with Crippen molar-refractivity contribution in [2.75, 3.05) is 6.79 Å². The number of hydrogen-bond donors (Lipinski definition) is 1. The van der Waals surface area contributed by atoms with Gasteiger partial charge in [-0.15, -0.1) is 0 Å². The summed E-state index contributed by atoms with van der Waals surface area (Å²) in [7, 11) is 0. The number of aromatic nitrogens is 1. The van der Waals surface area contributed by atoms with Crippen LogP contribution in [0.2, 0.25) is 0 Å². The van der Waals surface area contributed by atoms with E-state index in [4.69, 9.17) is 13.9 Å². The Balaban J connectivity index is 1.68. The van der Waals surface area contributed by atoms with E-state index >= 15 is 0 Å². The van der Waals surface area contributed by atoms with Crippen LogP contribution in [0.25, 0.3) is 0 Å². The zero-order valence-corrected chi connectivity index (χ0v) is 11.0. The molecule has 3 rings (SSSR count). The van der Waals surface area contributed by atoms with Crippen LogP contribution in [-0.4, -0.2) is 11.8 Å². The van der Waals surface area contributed by atoms with E-state index < -0.39 is 0 Å². The van der Waals surface area contributed by atoms with Gasteiger partial charge in [-0.25, -0.2) is 4.98 Å². The number of para-hydroxylation sites is 1. The fourth-order valence-corrected chi connectivity index (χ4v) is 2.05. The summed E-state index contributed by atoms with van der Waals surface area (Å²) in [5.41, 5.74) is 1.07. The average Bonchev–Trinajstić information content (AvgIpc) is 3.04. The fraction of sp³-hybridized carbons (Fsp3) is 0.357. The lowest BCUT2D eigenvalue weighted by Crippen LogP contribution is -2.18. The zero-order chi connectivity index (χ0) is 13.2. The molecule has 1 unspecified atom stereocenters. The van der Waals surface area contributed by atoms with E-state index in [2.05, 4.69) is 10.3 Å². The van der Waals surface area contributed by atoms with Crippen molar-refractivity contribution in [1.82, 2.24) is 10.3 Å². The van der Waals surface area contributed by atoms with Gasteiger partial charge in [-0.1, -0.05) is 12.1 Å². The molecule has 1 N–H and O–H groups in total. The molecule has 0 spiro atoms. The van der Waals surface area contributed by atoms with E-state index in [9.17, 15) is 0 Å². The Kier molecular flexibility index (Phi) is 3.13. The van der Waals surface area contributed by atoms with Gasteiger partial charge in [-0.3, -0.25) is 0 Å². The fourth-order valence-electron chi connectivity index (χ4n) is 2.05. The number of aryl methyl sites for hydroxylation is 1. The molecule has 1 aromatic heterocycles. The van der Waals surface area contributed by atoms with Crippen molar-refractivity contribution in [3.8, 4) is 11.5 Å². The Morgan fingerprint density at radius 1 is 1.37 bits per heavy atom. The van der Waals surface area contributed by atoms with Gasteiger partial charge < -0.3 is 19.2 Å². The molecule has 0 saturated carbocycles. The number of benzene rings is 1. The van der Waals surface area contributed by atoms with Gasteiger partial charge in [0.15, 0.2) is 11.5 Å². The molecule has 0 saturated heterocycles. The summed E-state index contributed by atoms with van der Waals surface area (Å²) < 4.78 is 16.3. The Morgan fingerprint density at radius 2 is 2.26 bits per heavy atom. The highest BCUT2D eigenvalue weighted by Crippen LogP contribution is 2.35. The molecule has 0 fully saturated rings. The minimum Gasteiger partial charge on any atom is -0.454 e. The Labute approximate surface area is 111 Å². The van der Waals surface area contributed by atoms with Crippen molar-refractivity contribution in [2.45, 2.75) is 26.4 Å². The van der Waals surface area contributed by atoms with Crippen molar-refractivity contribution in [1.29, 1.82) is 0 Å². The third-order valence-electron chi connectivity index (χ3n) is 3.09. The first-order chi connectivity index (χ1) is 9.24. The first-order valence-corrected chi connectivity index (χ1v) is 6.27. The van der Waals surface area contributed by atoms with Crippen LogP contribution in [0.15, 0.2) is 28.8 Å². The van der Waals surface area contributed by atoms with Crippen molar-refractivity contribution in [3.63, 3.8) is 0 Å². The molecule has 0 amide bonds. The van der Waals surface area contributed by atoms with Gasteiger partial charge >= 0.3 is 0 Å². The molecular formula is C14H16N2O3. The number of hydrogen-bond acceptors (Lipinski definition) is 5. The Hall–Kier alpha value is -2.01. The van der Waals surface area contributed by atoms with Crippen molar-refractivity contribution < 1.29 is 13.9 Å². The number of oxazole rings is 1. The van der Waals surface area contributed by atoms with E-state index in [1.807, 2.05) is 32.0 Å². The summed E-state index contributed by atoms with van der Waals surface area (Å²) in [6, 6.07) is 5.94. The smallest absolute Gasteiger partial charge is 0.231 e. The number of rotatable bonds is 4. The second-order valence-electron chi connectivity index (χ2n) is 4.56. The summed E-state index contributed by atoms with van der Waals surface area (Å²) in [5, 5.41) is 3.37. The van der Waals surface area contributed by atoms with Gasteiger partial charge in [-0.2, -0.15) is 0 Å². The van der Waals surface area contributed by atoms with Crippen LogP contribution in [-0.2, 0) is 6.54 Å². The van der Waals surface area contributed by atoms with Crippen LogP contribution in [0.3, 0.4) is 0 Å². The Bertz CT molecular complexity index is 580. The molecule has 5 heteroatoms. The number of ether oxygens (including phenoxy) is 2. The van der Waals surface area contributed by atoms with Crippen LogP contribution in [0, 0.1) is 6.92 Å². The molecule has 0 aliphatic carbocycles. The predicted molar refractivity (Wildman–Crippen MR) is 69.1 cm³/mol. The molecule has 2 heterocycles. The molecule has 1 aliphatic heterocycles. The normalized spacial score (nSPS) is 14.6. The number of nitrogens with zero attached hydrogens (tertiary/aromatic N) is 1. The van der Waals surface area contributed by atoms with Gasteiger partial charge in [-0.05, 0) is 19.9 Å². The largest absolute Gasteiger partial charge is 0.454 e. The van der Waals surface area contributed by atoms with Gasteiger partial charge in [0.05, 0.1) is 12.2 Å². The van der Waals surface area contributed by atoms with Crippen molar-refractivity contribution in [2.24, 2.45) is 0 Å². The summed E-state index contributed by atoms with van der Waals surface area (Å²) in [5.74, 6) is 3.15. The molecule has 1 aromatic carbocycles. The Morgan fingerprint density at radius 3 is 3.05 bits per heavy atom. The van der Waals surface area contributed by atoms with E-state index in [0.717, 1.165) is 22.8 Å². The average molecular weight is 260 g/mol. The van der Waals surface area contributed by atoms with Gasteiger partial charge in [0.2, 0.25) is 12.7 Å². The van der Waals surface area contributed by atoms with Crippen LogP contribution in [0.1, 0.15) is 30.2 Å². The molecular weight excluding hydrogens is 244 g/mol. The first kappa shape index (κ1) is 12.0. The maximum absolute atomic E-state index is 5.50. The lowest BCUT2D eigenvalue weighted by atomic mass is 10.1. The monoisotopic (exact) mass is 260 g/mol. The lowest BCUT2D eigenvalue weighted by Gasteiger charge is -2.11. The second kappa shape index (κ2) is 4.93. The van der Waals surface area contributed by atoms with E-state index in [-0.39, 0.29) is 6.04 Å². The van der Waals surface area contributed by atoms with Crippen molar-refractivity contribution >= 4 is 0 Å². The lowest BCUT2D eigenvalue weighted by molar-refractivity contribution is 0.173. The van der Waals surface area contributed by atoms with E-state index in [0.29, 0.717) is 19.2 Å². The third kappa shape index (κ3) is 2.42. The third-order valence-corrected chi connectivity index (χ3v) is 3.09. The van der Waals surface area contributed by atoms with E-state index in [1.54, 1.807) is 6.20 Å². The summed E-state index contributed by atoms with van der Waals surface area (Å²) in [6.45, 7) is 4.88. The highest BCUT2D eigenvalue weighted by molar-refractivity contribution is 5.48. The van der Waals surface area contributed by atoms with Gasteiger partial charge in [0.25, 0.3) is 0 Å². The molecule has 100 valence electrons. The molecule has 1 atom stereocenters. The highest BCUT2D eigenvalue weighted by Gasteiger charge is 2.18. The van der Waals surface area contributed by atoms with Crippen LogP contribution >= 0.6 is 0 Å². The number of nitrogens with one attached hydrogen (secondary N) is 1. The summed E-state index contributed by atoms with van der Waals surface area (Å²) in [4.78, 5) is 4.22. The quantitative estimate of drug-likeness (QED) is 0.915. The molecule has 0 radical (unpaired) electrons. The maximum atomic E-state index is 5.50. The summed E-state index contributed by atoms with van der Waals surface area (Å²) >= 11 is 0. The highest BCUT2D eigenvalue weighted by atomic mass is 16.7. The number of fused-ring (bicyclic) bond motifs is 1. The minimum absolute atomic E-state index is 0.0480. The standard InChI is InChI=1S/C14H16N2O3/c1-9-6-16-14(19-9)10(2)15-7-11-4-3-5-12-13(11)18-8-17-12/h3-6,10,15H,7-8H2,1-2H3.